The van der Waals surface area contributed by atoms with Crippen LogP contribution < -0.4 is 15.1 Å². The van der Waals surface area contributed by atoms with E-state index >= 15 is 0 Å². The number of methoxy groups -OCH3 is 1. The first-order valence-corrected chi connectivity index (χ1v) is 8.25. The number of allylic oxidation sites excluding steroid dienone is 3. The Labute approximate surface area is 153 Å². The number of anilines is 1. The van der Waals surface area contributed by atoms with Gasteiger partial charge < -0.3 is 9.47 Å². The minimum Gasteiger partial charge on any atom is -0.496 e. The number of fused-ring (bicyclic) bond motifs is 1. The molecule has 3 rings (SSSR count). The molecule has 0 spiro atoms. The zero-order valence-corrected chi connectivity index (χ0v) is 15.6. The Balaban J connectivity index is 1.87. The molecule has 0 aliphatic carbocycles. The lowest BCUT2D eigenvalue weighted by Crippen LogP contribution is -2.34. The number of rotatable bonds is 3. The van der Waals surface area contributed by atoms with E-state index in [1.165, 1.54) is 4.90 Å². The van der Waals surface area contributed by atoms with E-state index in [9.17, 15) is 4.79 Å². The average Bonchev–Trinajstić information content (AvgIpc) is 3.06. The summed E-state index contributed by atoms with van der Waals surface area (Å²) in [6, 6.07) is 5.60. The number of hydroxylamine groups is 3. The summed E-state index contributed by atoms with van der Waals surface area (Å²) < 4.78 is 11.0. The van der Waals surface area contributed by atoms with Gasteiger partial charge in [0.25, 0.3) is 0 Å². The maximum absolute atomic E-state index is 12.3. The lowest BCUT2D eigenvalue weighted by molar-refractivity contribution is -0.112. The molecule has 7 nitrogen and oxygen atoms in total. The second-order valence-electron chi connectivity index (χ2n) is 6.94. The molecule has 7 heteroatoms. The summed E-state index contributed by atoms with van der Waals surface area (Å²) in [5.74, 6) is 0.662. The Morgan fingerprint density at radius 3 is 2.77 bits per heavy atom. The summed E-state index contributed by atoms with van der Waals surface area (Å²) in [6.45, 7) is 5.51. The highest BCUT2D eigenvalue weighted by Gasteiger charge is 2.22. The van der Waals surface area contributed by atoms with E-state index in [-0.39, 0.29) is 0 Å². The van der Waals surface area contributed by atoms with Gasteiger partial charge in [-0.2, -0.15) is 4.94 Å². The number of hydrogen-bond donors (Lipinski definition) is 1. The summed E-state index contributed by atoms with van der Waals surface area (Å²) in [4.78, 5) is 18.9. The molecule has 0 fully saturated rings. The van der Waals surface area contributed by atoms with Gasteiger partial charge in [0.1, 0.15) is 11.4 Å². The molecule has 0 unspecified atom stereocenters. The van der Waals surface area contributed by atoms with Crippen LogP contribution in [0.1, 0.15) is 26.3 Å². The first kappa shape index (κ1) is 17.9. The fourth-order valence-electron chi connectivity index (χ4n) is 2.57. The molecule has 1 aromatic carbocycles. The maximum atomic E-state index is 12.3. The Morgan fingerprint density at radius 1 is 1.31 bits per heavy atom. The Bertz CT molecular complexity index is 805. The topological polar surface area (TPSA) is 63.3 Å². The number of hydrogen-bond acceptors (Lipinski definition) is 6. The van der Waals surface area contributed by atoms with Gasteiger partial charge in [-0.25, -0.2) is 15.3 Å². The van der Waals surface area contributed by atoms with Crippen LogP contribution in [0.15, 0.2) is 48.4 Å². The Morgan fingerprint density at radius 2 is 2.08 bits per heavy atom. The molecule has 138 valence electrons. The van der Waals surface area contributed by atoms with Gasteiger partial charge in [0.2, 0.25) is 0 Å². The van der Waals surface area contributed by atoms with Gasteiger partial charge in [0.15, 0.2) is 0 Å². The van der Waals surface area contributed by atoms with E-state index in [0.717, 1.165) is 16.8 Å². The van der Waals surface area contributed by atoms with Crippen LogP contribution in [0.2, 0.25) is 0 Å². The number of benzene rings is 1. The third-order valence-corrected chi connectivity index (χ3v) is 3.86. The van der Waals surface area contributed by atoms with Crippen LogP contribution in [0.3, 0.4) is 0 Å². The minimum absolute atomic E-state index is 0.418. The number of amides is 1. The molecule has 2 aliphatic rings. The number of nitrogens with zero attached hydrogens (tertiary/aromatic N) is 2. The number of carbonyl (C=O) groups excluding carboxylic acids is 1. The third-order valence-electron chi connectivity index (χ3n) is 3.86. The van der Waals surface area contributed by atoms with Gasteiger partial charge in [-0.1, -0.05) is 0 Å². The quantitative estimate of drug-likeness (QED) is 0.892. The highest BCUT2D eigenvalue weighted by Crippen LogP contribution is 2.34. The molecular formula is C19H23N3O4. The largest absolute Gasteiger partial charge is 0.496 e. The molecule has 2 aliphatic heterocycles. The van der Waals surface area contributed by atoms with Crippen molar-refractivity contribution in [2.45, 2.75) is 26.4 Å². The second kappa shape index (κ2) is 6.76. The van der Waals surface area contributed by atoms with Gasteiger partial charge in [0.05, 0.1) is 24.7 Å². The molecule has 0 bridgehead atoms. The standard InChI is InChI=1S/C19H23N3O4/c1-19(2,3)25-18(23)21(4)14-6-7-16(17(11-14)24-5)13-8-9-22-15(10-13)12-20-26-22/h6-12,20H,1-5H3. The lowest BCUT2D eigenvalue weighted by Gasteiger charge is -2.25. The number of carbonyl (C=O) groups is 1. The van der Waals surface area contributed by atoms with Gasteiger partial charge in [-0.15, -0.1) is 0 Å². The van der Waals surface area contributed by atoms with Crippen LogP contribution in [-0.4, -0.2) is 30.9 Å². The summed E-state index contributed by atoms with van der Waals surface area (Å²) in [5.41, 5.74) is 5.61. The van der Waals surface area contributed by atoms with Crippen molar-refractivity contribution in [2.24, 2.45) is 0 Å². The molecule has 0 aromatic heterocycles. The van der Waals surface area contributed by atoms with Crippen molar-refractivity contribution < 1.29 is 19.2 Å². The van der Waals surface area contributed by atoms with Crippen LogP contribution in [0.4, 0.5) is 10.5 Å². The van der Waals surface area contributed by atoms with Gasteiger partial charge in [-0.05, 0) is 50.6 Å². The summed E-state index contributed by atoms with van der Waals surface area (Å²) in [7, 11) is 3.28. The molecule has 1 amide bonds. The molecule has 0 radical (unpaired) electrons. The van der Waals surface area contributed by atoms with Crippen LogP contribution in [0.25, 0.3) is 5.57 Å². The van der Waals surface area contributed by atoms with E-state index in [1.807, 2.05) is 57.3 Å². The van der Waals surface area contributed by atoms with E-state index in [2.05, 4.69) is 5.48 Å². The molecule has 0 atom stereocenters. The smallest absolute Gasteiger partial charge is 0.414 e. The van der Waals surface area contributed by atoms with Crippen LogP contribution in [0, 0.1) is 0 Å². The summed E-state index contributed by atoms with van der Waals surface area (Å²) in [6.07, 6.45) is 7.08. The van der Waals surface area contributed by atoms with Crippen LogP contribution in [-0.2, 0) is 9.68 Å². The first-order chi connectivity index (χ1) is 12.3. The zero-order chi connectivity index (χ0) is 18.9. The molecule has 26 heavy (non-hydrogen) atoms. The van der Waals surface area contributed by atoms with Crippen molar-refractivity contribution in [3.05, 3.63) is 54.0 Å². The normalized spacial score (nSPS) is 15.7. The monoisotopic (exact) mass is 357 g/mol. The third kappa shape index (κ3) is 3.67. The molecule has 0 saturated carbocycles. The molecule has 0 saturated heterocycles. The zero-order valence-electron chi connectivity index (χ0n) is 15.6. The minimum atomic E-state index is -0.552. The number of nitrogens with one attached hydrogen (secondary N) is 1. The van der Waals surface area contributed by atoms with Gasteiger partial charge in [-0.3, -0.25) is 4.90 Å². The highest BCUT2D eigenvalue weighted by atomic mass is 16.8. The van der Waals surface area contributed by atoms with Crippen molar-refractivity contribution in [1.29, 1.82) is 0 Å². The highest BCUT2D eigenvalue weighted by molar-refractivity contribution is 5.89. The van der Waals surface area contributed by atoms with Gasteiger partial charge >= 0.3 is 6.09 Å². The molecule has 2 heterocycles. The predicted molar refractivity (Wildman–Crippen MR) is 98.9 cm³/mol. The predicted octanol–water partition coefficient (Wildman–Crippen LogP) is 3.57. The fraction of sp³-hybridized carbons (Fsp3) is 0.316. The van der Waals surface area contributed by atoms with E-state index in [0.29, 0.717) is 11.4 Å². The van der Waals surface area contributed by atoms with Crippen molar-refractivity contribution in [3.8, 4) is 5.75 Å². The van der Waals surface area contributed by atoms with E-state index in [4.69, 9.17) is 14.4 Å². The number of ether oxygens (including phenoxy) is 2. The fourth-order valence-corrected chi connectivity index (χ4v) is 2.57. The van der Waals surface area contributed by atoms with Crippen molar-refractivity contribution in [2.75, 3.05) is 19.1 Å². The first-order valence-electron chi connectivity index (χ1n) is 8.25. The lowest BCUT2D eigenvalue weighted by atomic mass is 10.0. The van der Waals surface area contributed by atoms with Crippen LogP contribution in [0.5, 0.6) is 5.75 Å². The molecule has 1 aromatic rings. The summed E-state index contributed by atoms with van der Waals surface area (Å²) >= 11 is 0. The van der Waals surface area contributed by atoms with Crippen molar-refractivity contribution >= 4 is 17.4 Å². The van der Waals surface area contributed by atoms with Crippen molar-refractivity contribution in [3.63, 3.8) is 0 Å². The Kier molecular flexibility index (Phi) is 4.65. The van der Waals surface area contributed by atoms with E-state index < -0.39 is 11.7 Å². The average molecular weight is 357 g/mol. The van der Waals surface area contributed by atoms with Gasteiger partial charge in [0, 0.05) is 24.9 Å². The van der Waals surface area contributed by atoms with E-state index in [1.54, 1.807) is 25.4 Å². The second-order valence-corrected chi connectivity index (χ2v) is 6.94. The molecule has 1 N–H and O–H groups in total. The molecular weight excluding hydrogens is 334 g/mol. The summed E-state index contributed by atoms with van der Waals surface area (Å²) in [5, 5.41) is 1.63. The van der Waals surface area contributed by atoms with Crippen LogP contribution >= 0.6 is 0 Å². The maximum Gasteiger partial charge on any atom is 0.414 e. The SMILES string of the molecule is COc1cc(N(C)C(=O)OC(C)(C)C)ccc1C1=CC2=CNON2C=C1. The van der Waals surface area contributed by atoms with Crippen molar-refractivity contribution in [1.82, 2.24) is 10.5 Å². The Hall–Kier alpha value is -2.93.